The molecule has 0 saturated carbocycles. The Morgan fingerprint density at radius 2 is 2.24 bits per heavy atom. The zero-order valence-electron chi connectivity index (χ0n) is 11.5. The van der Waals surface area contributed by atoms with Gasteiger partial charge in [-0.05, 0) is 42.4 Å². The monoisotopic (exact) mass is 371 g/mol. The highest BCUT2D eigenvalue weighted by atomic mass is 79.9. The van der Waals surface area contributed by atoms with E-state index in [9.17, 15) is 9.59 Å². The molecular formula is C14H18BrN3O2S. The van der Waals surface area contributed by atoms with Crippen LogP contribution in [-0.4, -0.2) is 23.6 Å². The molecule has 0 fully saturated rings. The number of rotatable bonds is 4. The Bertz CT molecular complexity index is 553. The fourth-order valence-corrected chi connectivity index (χ4v) is 3.73. The molecule has 0 aromatic heterocycles. The van der Waals surface area contributed by atoms with Gasteiger partial charge < -0.3 is 16.8 Å². The van der Waals surface area contributed by atoms with Crippen LogP contribution in [0, 0.1) is 0 Å². The number of fused-ring (bicyclic) bond motifs is 1. The summed E-state index contributed by atoms with van der Waals surface area (Å²) in [6.45, 7) is 0. The summed E-state index contributed by atoms with van der Waals surface area (Å²) >= 11 is 5.25. The van der Waals surface area contributed by atoms with E-state index in [4.69, 9.17) is 11.5 Å². The molecule has 1 heterocycles. The smallest absolute Gasteiger partial charge is 0.237 e. The van der Waals surface area contributed by atoms with E-state index >= 15 is 0 Å². The van der Waals surface area contributed by atoms with E-state index in [2.05, 4.69) is 27.3 Å². The van der Waals surface area contributed by atoms with Crippen molar-refractivity contribution in [3.8, 4) is 0 Å². The summed E-state index contributed by atoms with van der Waals surface area (Å²) in [6.07, 6.45) is 1.72. The third-order valence-corrected chi connectivity index (χ3v) is 4.99. The van der Waals surface area contributed by atoms with Crippen LogP contribution in [0.15, 0.2) is 27.6 Å². The lowest BCUT2D eigenvalue weighted by molar-refractivity contribution is -0.126. The van der Waals surface area contributed by atoms with Crippen molar-refractivity contribution in [2.24, 2.45) is 11.5 Å². The second-order valence-electron chi connectivity index (χ2n) is 5.01. The van der Waals surface area contributed by atoms with Gasteiger partial charge in [-0.15, -0.1) is 11.8 Å². The fourth-order valence-electron chi connectivity index (χ4n) is 2.29. The normalized spacial score (nSPS) is 19.2. The van der Waals surface area contributed by atoms with Gasteiger partial charge in [0.1, 0.15) is 0 Å². The van der Waals surface area contributed by atoms with Gasteiger partial charge in [-0.2, -0.15) is 0 Å². The molecule has 7 heteroatoms. The molecule has 2 unspecified atom stereocenters. The molecular weight excluding hydrogens is 354 g/mol. The zero-order chi connectivity index (χ0) is 15.4. The molecule has 1 aromatic carbocycles. The first-order valence-electron chi connectivity index (χ1n) is 6.74. The lowest BCUT2D eigenvalue weighted by Crippen LogP contribution is -2.44. The highest BCUT2D eigenvalue weighted by Crippen LogP contribution is 2.36. The number of primary amides is 1. The molecule has 2 atom stereocenters. The Morgan fingerprint density at radius 1 is 1.48 bits per heavy atom. The predicted molar refractivity (Wildman–Crippen MR) is 86.8 cm³/mol. The Hall–Kier alpha value is -1.05. The van der Waals surface area contributed by atoms with E-state index < -0.39 is 11.9 Å². The third kappa shape index (κ3) is 4.46. The number of carbonyl (C=O) groups excluding carboxylic acids is 2. The minimum Gasteiger partial charge on any atom is -0.370 e. The van der Waals surface area contributed by atoms with Crippen LogP contribution in [0.5, 0.6) is 0 Å². The molecule has 1 aliphatic heterocycles. The molecule has 1 aromatic rings. The van der Waals surface area contributed by atoms with Gasteiger partial charge in [-0.3, -0.25) is 9.59 Å². The number of halogens is 1. The second kappa shape index (κ2) is 7.29. The molecule has 21 heavy (non-hydrogen) atoms. The van der Waals surface area contributed by atoms with E-state index in [1.807, 2.05) is 12.1 Å². The van der Waals surface area contributed by atoms with Crippen LogP contribution in [0.2, 0.25) is 0 Å². The van der Waals surface area contributed by atoms with E-state index in [1.54, 1.807) is 11.8 Å². The number of hydrogen-bond donors (Lipinski definition) is 3. The largest absolute Gasteiger partial charge is 0.370 e. The molecule has 5 N–H and O–H groups in total. The Morgan fingerprint density at radius 3 is 2.95 bits per heavy atom. The first kappa shape index (κ1) is 16.3. The third-order valence-electron chi connectivity index (χ3n) is 3.32. The van der Waals surface area contributed by atoms with Gasteiger partial charge in [0, 0.05) is 9.37 Å². The summed E-state index contributed by atoms with van der Waals surface area (Å²) in [6, 6.07) is 5.10. The molecule has 0 saturated heterocycles. The maximum Gasteiger partial charge on any atom is 0.237 e. The number of nitrogens with two attached hydrogens (primary N) is 2. The fraction of sp³-hybridized carbons (Fsp3) is 0.429. The molecule has 1 aliphatic rings. The van der Waals surface area contributed by atoms with Crippen molar-refractivity contribution in [3.05, 3.63) is 28.2 Å². The van der Waals surface area contributed by atoms with Gasteiger partial charge in [0.15, 0.2) is 0 Å². The molecule has 114 valence electrons. The number of benzene rings is 1. The van der Waals surface area contributed by atoms with Crippen LogP contribution in [-0.2, 0) is 9.59 Å². The van der Waals surface area contributed by atoms with E-state index in [-0.39, 0.29) is 18.4 Å². The van der Waals surface area contributed by atoms with Crippen molar-refractivity contribution in [2.45, 2.75) is 36.2 Å². The van der Waals surface area contributed by atoms with Crippen molar-refractivity contribution in [3.63, 3.8) is 0 Å². The van der Waals surface area contributed by atoms with Crippen molar-refractivity contribution < 1.29 is 9.59 Å². The van der Waals surface area contributed by atoms with E-state index in [1.165, 1.54) is 4.90 Å². The quantitative estimate of drug-likeness (QED) is 0.749. The van der Waals surface area contributed by atoms with E-state index in [0.29, 0.717) is 0 Å². The minimum absolute atomic E-state index is 0.0843. The van der Waals surface area contributed by atoms with E-state index in [0.717, 1.165) is 28.6 Å². The summed E-state index contributed by atoms with van der Waals surface area (Å²) in [5.74, 6) is 0.114. The average Bonchev–Trinajstić information content (AvgIpc) is 2.60. The predicted octanol–water partition coefficient (Wildman–Crippen LogP) is 1.69. The molecule has 5 nitrogen and oxygen atoms in total. The summed E-state index contributed by atoms with van der Waals surface area (Å²) in [7, 11) is 0. The summed E-state index contributed by atoms with van der Waals surface area (Å²) < 4.78 is 0.976. The van der Waals surface area contributed by atoms with Crippen LogP contribution >= 0.6 is 27.7 Å². The number of nitrogens with one attached hydrogen (secondary N) is 1. The Labute approximate surface area is 136 Å². The Kier molecular flexibility index (Phi) is 5.66. The van der Waals surface area contributed by atoms with Crippen molar-refractivity contribution in [2.75, 3.05) is 5.75 Å². The molecule has 0 spiro atoms. The van der Waals surface area contributed by atoms with Gasteiger partial charge in [0.2, 0.25) is 11.8 Å². The van der Waals surface area contributed by atoms with Gasteiger partial charge >= 0.3 is 0 Å². The Balaban J connectivity index is 2.15. The number of thioether (sulfide) groups is 1. The topological polar surface area (TPSA) is 98.2 Å². The SMILES string of the molecule is NC(=O)CC(N)C(=O)NC1CCCSc2ccc(Br)cc21. The molecule has 0 aliphatic carbocycles. The van der Waals surface area contributed by atoms with Crippen LogP contribution in [0.1, 0.15) is 30.9 Å². The van der Waals surface area contributed by atoms with Crippen molar-refractivity contribution in [1.29, 1.82) is 0 Å². The molecule has 2 rings (SSSR count). The molecule has 2 amide bonds. The summed E-state index contributed by atoms with van der Waals surface area (Å²) in [4.78, 5) is 24.1. The number of amides is 2. The first-order valence-corrected chi connectivity index (χ1v) is 8.51. The van der Waals surface area contributed by atoms with Gasteiger partial charge in [0.05, 0.1) is 18.5 Å². The number of carbonyl (C=O) groups is 2. The lowest BCUT2D eigenvalue weighted by atomic mass is 10.0. The molecule has 0 radical (unpaired) electrons. The van der Waals surface area contributed by atoms with Gasteiger partial charge in [-0.1, -0.05) is 15.9 Å². The number of hydrogen-bond acceptors (Lipinski definition) is 4. The van der Waals surface area contributed by atoms with Crippen LogP contribution < -0.4 is 16.8 Å². The van der Waals surface area contributed by atoms with Crippen molar-refractivity contribution in [1.82, 2.24) is 5.32 Å². The lowest BCUT2D eigenvalue weighted by Gasteiger charge is -2.21. The maximum absolute atomic E-state index is 12.1. The van der Waals surface area contributed by atoms with Crippen LogP contribution in [0.3, 0.4) is 0 Å². The van der Waals surface area contributed by atoms with Crippen molar-refractivity contribution >= 4 is 39.5 Å². The van der Waals surface area contributed by atoms with Crippen LogP contribution in [0.25, 0.3) is 0 Å². The standard InChI is InChI=1S/C14H18BrN3O2S/c15-8-3-4-12-9(6-8)11(2-1-5-21-12)18-14(20)10(16)7-13(17)19/h3-4,6,10-11H,1-2,5,7,16H2,(H2,17,19)(H,18,20). The second-order valence-corrected chi connectivity index (χ2v) is 7.06. The van der Waals surface area contributed by atoms with Gasteiger partial charge in [-0.25, -0.2) is 0 Å². The zero-order valence-corrected chi connectivity index (χ0v) is 13.9. The highest BCUT2D eigenvalue weighted by Gasteiger charge is 2.24. The summed E-state index contributed by atoms with van der Waals surface area (Å²) in [5, 5.41) is 2.94. The minimum atomic E-state index is -0.894. The van der Waals surface area contributed by atoms with Crippen LogP contribution in [0.4, 0.5) is 0 Å². The molecule has 0 bridgehead atoms. The first-order chi connectivity index (χ1) is 9.97. The van der Waals surface area contributed by atoms with Gasteiger partial charge in [0.25, 0.3) is 0 Å². The average molecular weight is 372 g/mol. The highest BCUT2D eigenvalue weighted by molar-refractivity contribution is 9.10. The summed E-state index contributed by atoms with van der Waals surface area (Å²) in [5.41, 5.74) is 11.9. The maximum atomic E-state index is 12.1.